The molecule has 0 bridgehead atoms. The summed E-state index contributed by atoms with van der Waals surface area (Å²) in [5, 5.41) is 2.31. The minimum Gasteiger partial charge on any atom is -0.454 e. The minimum absolute atomic E-state index is 0.364. The highest BCUT2D eigenvalue weighted by atomic mass is 19.1. The van der Waals surface area contributed by atoms with Crippen LogP contribution < -0.4 is 5.32 Å². The van der Waals surface area contributed by atoms with E-state index in [2.05, 4.69) is 18.8 Å². The van der Waals surface area contributed by atoms with Crippen molar-refractivity contribution in [2.75, 3.05) is 6.54 Å². The number of ether oxygens (including phenoxy) is 2. The molecule has 0 aliphatic rings. The van der Waals surface area contributed by atoms with Crippen LogP contribution in [-0.4, -0.2) is 30.3 Å². The number of hydrogen-bond acceptors (Lipinski definition) is 4. The van der Waals surface area contributed by atoms with Gasteiger partial charge in [-0.2, -0.15) is 0 Å². The number of halogens is 1. The van der Waals surface area contributed by atoms with E-state index in [1.54, 1.807) is 20.8 Å². The summed E-state index contributed by atoms with van der Waals surface area (Å²) in [5.41, 5.74) is -0.654. The highest BCUT2D eigenvalue weighted by Gasteiger charge is 2.20. The van der Waals surface area contributed by atoms with Gasteiger partial charge in [0, 0.05) is 0 Å². The first kappa shape index (κ1) is 27.4. The lowest BCUT2D eigenvalue weighted by Gasteiger charge is -2.20. The molecule has 1 atom stereocenters. The number of amides is 1. The lowest BCUT2D eigenvalue weighted by molar-refractivity contribution is -0.147. The average molecular weight is 416 g/mol. The van der Waals surface area contributed by atoms with Gasteiger partial charge in [-0.15, -0.1) is 0 Å². The van der Waals surface area contributed by atoms with E-state index in [4.69, 9.17) is 9.47 Å². The van der Waals surface area contributed by atoms with E-state index in [-0.39, 0.29) is 6.54 Å². The number of rotatable bonds is 16. The van der Waals surface area contributed by atoms with Crippen LogP contribution >= 0.6 is 0 Å². The molecule has 0 aromatic heterocycles. The molecule has 0 spiro atoms. The lowest BCUT2D eigenvalue weighted by atomic mass is 10.0. The molecule has 0 aromatic carbocycles. The second-order valence-electron chi connectivity index (χ2n) is 8.61. The van der Waals surface area contributed by atoms with Gasteiger partial charge in [0.15, 0.2) is 6.10 Å². The highest BCUT2D eigenvalue weighted by Crippen LogP contribution is 2.17. The standard InChI is InChI=1S/C23H42FNO4/c1-6-7-8-9-10-11-12-13-14-15-16-17-20(19(2)24)28-21(26)18-25-22(27)29-23(3,4)5/h20H,2,6-18H2,1,3-5H3,(H,25,27)/t20-/m1/s1. The van der Waals surface area contributed by atoms with Gasteiger partial charge in [-0.1, -0.05) is 77.7 Å². The summed E-state index contributed by atoms with van der Waals surface area (Å²) in [4.78, 5) is 23.4. The van der Waals surface area contributed by atoms with E-state index < -0.39 is 29.6 Å². The Bertz CT molecular complexity index is 474. The van der Waals surface area contributed by atoms with Gasteiger partial charge in [-0.25, -0.2) is 9.18 Å². The van der Waals surface area contributed by atoms with Crippen LogP contribution in [0.3, 0.4) is 0 Å². The van der Waals surface area contributed by atoms with Crippen molar-refractivity contribution in [3.05, 3.63) is 12.4 Å². The lowest BCUT2D eigenvalue weighted by Crippen LogP contribution is -2.37. The van der Waals surface area contributed by atoms with Gasteiger partial charge in [0.1, 0.15) is 18.0 Å². The first-order valence-electron chi connectivity index (χ1n) is 11.2. The molecule has 0 fully saturated rings. The molecule has 0 saturated carbocycles. The number of hydrogen-bond donors (Lipinski definition) is 1. The topological polar surface area (TPSA) is 64.6 Å². The summed E-state index contributed by atoms with van der Waals surface area (Å²) in [6, 6.07) is 0. The molecule has 0 unspecified atom stereocenters. The molecule has 0 saturated heterocycles. The maximum Gasteiger partial charge on any atom is 0.408 e. The number of unbranched alkanes of at least 4 members (excludes halogenated alkanes) is 10. The maximum absolute atomic E-state index is 13.6. The average Bonchev–Trinajstić information content (AvgIpc) is 2.62. The van der Waals surface area contributed by atoms with Crippen LogP contribution in [-0.2, 0) is 14.3 Å². The van der Waals surface area contributed by atoms with Crippen LogP contribution in [0.25, 0.3) is 0 Å². The summed E-state index contributed by atoms with van der Waals surface area (Å²) in [6.45, 7) is 10.3. The number of alkyl carbamates (subject to hydrolysis) is 1. The van der Waals surface area contributed by atoms with Crippen molar-refractivity contribution >= 4 is 12.1 Å². The fourth-order valence-corrected chi connectivity index (χ4v) is 2.93. The predicted octanol–water partition coefficient (Wildman–Crippen LogP) is 6.61. The quantitative estimate of drug-likeness (QED) is 0.228. The van der Waals surface area contributed by atoms with Gasteiger partial charge in [0.25, 0.3) is 0 Å². The number of nitrogens with one attached hydrogen (secondary N) is 1. The first-order valence-corrected chi connectivity index (χ1v) is 11.2. The molecule has 0 aromatic rings. The summed E-state index contributed by atoms with van der Waals surface area (Å²) in [6.07, 6.45) is 11.9. The third kappa shape index (κ3) is 18.2. The van der Waals surface area contributed by atoms with Crippen molar-refractivity contribution in [1.82, 2.24) is 5.32 Å². The van der Waals surface area contributed by atoms with Gasteiger partial charge in [0.2, 0.25) is 0 Å². The largest absolute Gasteiger partial charge is 0.454 e. The van der Waals surface area contributed by atoms with Crippen molar-refractivity contribution < 1.29 is 23.5 Å². The fourth-order valence-electron chi connectivity index (χ4n) is 2.93. The van der Waals surface area contributed by atoms with Crippen molar-refractivity contribution in [2.45, 2.75) is 116 Å². The Kier molecular flexibility index (Phi) is 15.3. The van der Waals surface area contributed by atoms with Gasteiger partial charge in [-0.3, -0.25) is 4.79 Å². The second-order valence-corrected chi connectivity index (χ2v) is 8.61. The highest BCUT2D eigenvalue weighted by molar-refractivity contribution is 5.78. The number of carbonyl (C=O) groups excluding carboxylic acids is 2. The second kappa shape index (κ2) is 16.2. The number of esters is 1. The van der Waals surface area contributed by atoms with Crippen LogP contribution in [0.15, 0.2) is 12.4 Å². The van der Waals surface area contributed by atoms with Crippen molar-refractivity contribution in [2.24, 2.45) is 0 Å². The van der Waals surface area contributed by atoms with Gasteiger partial charge in [-0.05, 0) is 33.6 Å². The normalized spacial score (nSPS) is 12.3. The molecule has 1 N–H and O–H groups in total. The Morgan fingerprint density at radius 2 is 1.41 bits per heavy atom. The molecule has 0 rings (SSSR count). The SMILES string of the molecule is C=C(F)[C@@H](CCCCCCCCCCCCC)OC(=O)CNC(=O)OC(C)(C)C. The fraction of sp³-hybridized carbons (Fsp3) is 0.826. The molecular formula is C23H42FNO4. The molecule has 0 radical (unpaired) electrons. The number of carbonyl (C=O) groups is 2. The third-order valence-electron chi connectivity index (χ3n) is 4.47. The predicted molar refractivity (Wildman–Crippen MR) is 115 cm³/mol. The van der Waals surface area contributed by atoms with Gasteiger partial charge >= 0.3 is 12.1 Å². The molecular weight excluding hydrogens is 373 g/mol. The molecule has 6 heteroatoms. The van der Waals surface area contributed by atoms with E-state index >= 15 is 0 Å². The van der Waals surface area contributed by atoms with E-state index in [0.29, 0.717) is 6.42 Å². The minimum atomic E-state index is -0.957. The van der Waals surface area contributed by atoms with E-state index in [1.165, 1.54) is 51.4 Å². The Hall–Kier alpha value is -1.59. The van der Waals surface area contributed by atoms with Crippen LogP contribution in [0, 0.1) is 0 Å². The van der Waals surface area contributed by atoms with Crippen LogP contribution in [0.4, 0.5) is 9.18 Å². The maximum atomic E-state index is 13.6. The van der Waals surface area contributed by atoms with Crippen LogP contribution in [0.2, 0.25) is 0 Å². The molecule has 5 nitrogen and oxygen atoms in total. The van der Waals surface area contributed by atoms with Gasteiger partial charge < -0.3 is 14.8 Å². The zero-order valence-corrected chi connectivity index (χ0v) is 19.0. The monoisotopic (exact) mass is 415 g/mol. The van der Waals surface area contributed by atoms with E-state index in [1.807, 2.05) is 0 Å². The summed E-state index contributed by atoms with van der Waals surface area (Å²) < 4.78 is 23.7. The summed E-state index contributed by atoms with van der Waals surface area (Å²) >= 11 is 0. The molecule has 1 amide bonds. The Morgan fingerprint density at radius 1 is 0.931 bits per heavy atom. The molecule has 170 valence electrons. The van der Waals surface area contributed by atoms with E-state index in [9.17, 15) is 14.0 Å². The van der Waals surface area contributed by atoms with Crippen LogP contribution in [0.1, 0.15) is 105 Å². The Balaban J connectivity index is 3.85. The zero-order chi connectivity index (χ0) is 22.1. The van der Waals surface area contributed by atoms with Crippen molar-refractivity contribution in [1.29, 1.82) is 0 Å². The summed E-state index contributed by atoms with van der Waals surface area (Å²) in [5.74, 6) is -1.37. The van der Waals surface area contributed by atoms with Crippen molar-refractivity contribution in [3.8, 4) is 0 Å². The molecule has 29 heavy (non-hydrogen) atoms. The van der Waals surface area contributed by atoms with E-state index in [0.717, 1.165) is 19.3 Å². The van der Waals surface area contributed by atoms with Crippen LogP contribution in [0.5, 0.6) is 0 Å². The van der Waals surface area contributed by atoms with Gasteiger partial charge in [0.05, 0.1) is 0 Å². The summed E-state index contributed by atoms with van der Waals surface area (Å²) in [7, 11) is 0. The smallest absolute Gasteiger partial charge is 0.408 e. The Labute approximate surface area is 176 Å². The van der Waals surface area contributed by atoms with Crippen molar-refractivity contribution in [3.63, 3.8) is 0 Å². The Morgan fingerprint density at radius 3 is 1.86 bits per heavy atom. The zero-order valence-electron chi connectivity index (χ0n) is 19.0. The molecule has 0 aliphatic carbocycles. The third-order valence-corrected chi connectivity index (χ3v) is 4.47. The first-order chi connectivity index (χ1) is 13.7. The molecule has 0 heterocycles. The molecule has 0 aliphatic heterocycles.